The molecule has 0 aromatic carbocycles. The first kappa shape index (κ1) is 22.0. The number of nitrogens with one attached hydrogen (secondary N) is 1. The molecule has 8 heteroatoms. The van der Waals surface area contributed by atoms with Gasteiger partial charge in [0.2, 0.25) is 5.91 Å². The van der Waals surface area contributed by atoms with Crippen LogP contribution in [0.2, 0.25) is 0 Å². The van der Waals surface area contributed by atoms with Crippen molar-refractivity contribution in [1.82, 2.24) is 10.3 Å². The Hall–Kier alpha value is -1.08. The highest BCUT2D eigenvalue weighted by Crippen LogP contribution is 2.27. The second-order valence-corrected chi connectivity index (χ2v) is 6.70. The predicted molar refractivity (Wildman–Crippen MR) is 104 cm³/mol. The third-order valence-electron chi connectivity index (χ3n) is 4.78. The molecular formula is C17H28Cl2N4O2. The van der Waals surface area contributed by atoms with Crippen LogP contribution in [-0.4, -0.2) is 42.2 Å². The fourth-order valence-electron chi connectivity index (χ4n) is 3.33. The number of hydrogen-bond donors (Lipinski definition) is 2. The number of hydrogen-bond acceptors (Lipinski definition) is 5. The zero-order valence-electron chi connectivity index (χ0n) is 14.6. The number of aromatic nitrogens is 1. The number of ether oxygens (including phenoxy) is 1. The molecule has 1 aliphatic carbocycles. The molecule has 6 nitrogen and oxygen atoms in total. The highest BCUT2D eigenvalue weighted by Gasteiger charge is 2.36. The number of anilines is 1. The summed E-state index contributed by atoms with van der Waals surface area (Å²) in [5, 5.41) is 2.95. The van der Waals surface area contributed by atoms with Gasteiger partial charge in [-0.15, -0.1) is 24.8 Å². The van der Waals surface area contributed by atoms with E-state index in [9.17, 15) is 4.79 Å². The molecular weight excluding hydrogens is 363 g/mol. The van der Waals surface area contributed by atoms with E-state index >= 15 is 0 Å². The highest BCUT2D eigenvalue weighted by molar-refractivity contribution is 5.86. The molecule has 1 unspecified atom stereocenters. The van der Waals surface area contributed by atoms with Crippen molar-refractivity contribution in [1.29, 1.82) is 0 Å². The van der Waals surface area contributed by atoms with E-state index in [-0.39, 0.29) is 36.8 Å². The van der Waals surface area contributed by atoms with E-state index < -0.39 is 5.54 Å². The van der Waals surface area contributed by atoms with Gasteiger partial charge in [0.1, 0.15) is 5.82 Å². The van der Waals surface area contributed by atoms with Crippen molar-refractivity contribution >= 4 is 36.5 Å². The maximum absolute atomic E-state index is 12.2. The highest BCUT2D eigenvalue weighted by atomic mass is 35.5. The summed E-state index contributed by atoms with van der Waals surface area (Å²) >= 11 is 0. The van der Waals surface area contributed by atoms with Crippen LogP contribution in [-0.2, 0) is 16.1 Å². The standard InChI is InChI=1S/C17H26N4O2.2ClH/c1-13-12-21(8-9-23-13)15-5-4-14(10-19-15)11-20-16(22)17(18)6-2-3-7-17;;/h4-5,10,13H,2-3,6-9,11-12,18H2,1H3,(H,20,22);2*1H. The lowest BCUT2D eigenvalue weighted by molar-refractivity contribution is -0.126. The van der Waals surface area contributed by atoms with Gasteiger partial charge in [-0.3, -0.25) is 4.79 Å². The first-order valence-electron chi connectivity index (χ1n) is 8.45. The van der Waals surface area contributed by atoms with Gasteiger partial charge >= 0.3 is 0 Å². The van der Waals surface area contributed by atoms with Gasteiger partial charge in [-0.05, 0) is 31.4 Å². The molecule has 1 atom stereocenters. The number of morpholine rings is 1. The van der Waals surface area contributed by atoms with Crippen LogP contribution < -0.4 is 16.0 Å². The van der Waals surface area contributed by atoms with Gasteiger partial charge in [0.25, 0.3) is 0 Å². The number of pyridine rings is 1. The molecule has 0 bridgehead atoms. The maximum atomic E-state index is 12.2. The molecule has 2 aliphatic rings. The van der Waals surface area contributed by atoms with E-state index in [0.717, 1.165) is 56.8 Å². The Balaban J connectivity index is 0.00000156. The third kappa shape index (κ3) is 5.45. The van der Waals surface area contributed by atoms with Crippen molar-refractivity contribution in [3.8, 4) is 0 Å². The zero-order valence-corrected chi connectivity index (χ0v) is 16.2. The van der Waals surface area contributed by atoms with E-state index in [4.69, 9.17) is 10.5 Å². The molecule has 3 N–H and O–H groups in total. The molecule has 142 valence electrons. The van der Waals surface area contributed by atoms with Crippen molar-refractivity contribution in [3.63, 3.8) is 0 Å². The lowest BCUT2D eigenvalue weighted by atomic mass is 9.98. The average Bonchev–Trinajstić information content (AvgIpc) is 3.01. The van der Waals surface area contributed by atoms with Crippen LogP contribution in [0, 0.1) is 0 Å². The minimum absolute atomic E-state index is 0. The van der Waals surface area contributed by atoms with Crippen molar-refractivity contribution in [2.24, 2.45) is 5.73 Å². The Morgan fingerprint density at radius 2 is 2.12 bits per heavy atom. The molecule has 3 rings (SSSR count). The number of rotatable bonds is 4. The summed E-state index contributed by atoms with van der Waals surface area (Å²) in [7, 11) is 0. The van der Waals surface area contributed by atoms with Crippen LogP contribution in [0.3, 0.4) is 0 Å². The van der Waals surface area contributed by atoms with E-state index in [1.54, 1.807) is 0 Å². The van der Waals surface area contributed by atoms with Gasteiger partial charge in [-0.2, -0.15) is 0 Å². The monoisotopic (exact) mass is 390 g/mol. The Morgan fingerprint density at radius 1 is 1.40 bits per heavy atom. The molecule has 0 radical (unpaired) electrons. The molecule has 1 aromatic rings. The Morgan fingerprint density at radius 3 is 2.72 bits per heavy atom. The van der Waals surface area contributed by atoms with E-state index in [0.29, 0.717) is 6.54 Å². The number of carbonyl (C=O) groups excluding carboxylic acids is 1. The van der Waals surface area contributed by atoms with E-state index in [2.05, 4.69) is 22.1 Å². The molecule has 0 spiro atoms. The second-order valence-electron chi connectivity index (χ2n) is 6.70. The fourth-order valence-corrected chi connectivity index (χ4v) is 3.33. The molecule has 1 aromatic heterocycles. The molecule has 25 heavy (non-hydrogen) atoms. The second kappa shape index (κ2) is 9.57. The number of amides is 1. The average molecular weight is 391 g/mol. The van der Waals surface area contributed by atoms with Crippen LogP contribution in [0.5, 0.6) is 0 Å². The summed E-state index contributed by atoms with van der Waals surface area (Å²) in [6, 6.07) is 4.02. The molecule has 1 aliphatic heterocycles. The Labute approximate surface area is 161 Å². The normalized spacial score (nSPS) is 21.8. The predicted octanol–water partition coefficient (Wildman–Crippen LogP) is 2.04. The molecule has 2 heterocycles. The zero-order chi connectivity index (χ0) is 16.3. The lowest BCUT2D eigenvalue weighted by Crippen LogP contribution is -2.51. The van der Waals surface area contributed by atoms with Crippen molar-refractivity contribution in [2.45, 2.75) is 50.8 Å². The molecule has 2 fully saturated rings. The summed E-state index contributed by atoms with van der Waals surface area (Å²) in [4.78, 5) is 19.0. The van der Waals surface area contributed by atoms with E-state index in [1.807, 2.05) is 18.3 Å². The van der Waals surface area contributed by atoms with Gasteiger partial charge in [-0.25, -0.2) is 4.98 Å². The first-order chi connectivity index (χ1) is 11.1. The summed E-state index contributed by atoms with van der Waals surface area (Å²) in [6.45, 7) is 5.01. The lowest BCUT2D eigenvalue weighted by Gasteiger charge is -2.32. The van der Waals surface area contributed by atoms with E-state index in [1.165, 1.54) is 0 Å². The molecule has 1 saturated heterocycles. The van der Waals surface area contributed by atoms with Crippen molar-refractivity contribution in [2.75, 3.05) is 24.6 Å². The van der Waals surface area contributed by atoms with Gasteiger partial charge in [-0.1, -0.05) is 18.9 Å². The van der Waals surface area contributed by atoms with Gasteiger partial charge in [0.15, 0.2) is 0 Å². The summed E-state index contributed by atoms with van der Waals surface area (Å²) < 4.78 is 5.55. The third-order valence-corrected chi connectivity index (χ3v) is 4.78. The maximum Gasteiger partial charge on any atom is 0.240 e. The summed E-state index contributed by atoms with van der Waals surface area (Å²) in [5.74, 6) is 0.919. The van der Waals surface area contributed by atoms with Gasteiger partial charge in [0.05, 0.1) is 18.2 Å². The Bertz CT molecular complexity index is 550. The number of nitrogens with zero attached hydrogens (tertiary/aromatic N) is 2. The van der Waals surface area contributed by atoms with Crippen LogP contribution in [0.25, 0.3) is 0 Å². The van der Waals surface area contributed by atoms with Crippen LogP contribution >= 0.6 is 24.8 Å². The molecule has 1 amide bonds. The summed E-state index contributed by atoms with van der Waals surface area (Å²) in [6.07, 6.45) is 5.71. The largest absolute Gasteiger partial charge is 0.375 e. The molecule has 1 saturated carbocycles. The number of halogens is 2. The fraction of sp³-hybridized carbons (Fsp3) is 0.647. The van der Waals surface area contributed by atoms with Gasteiger partial charge < -0.3 is 20.7 Å². The summed E-state index contributed by atoms with van der Waals surface area (Å²) in [5.41, 5.74) is 6.48. The topological polar surface area (TPSA) is 80.5 Å². The number of carbonyl (C=O) groups is 1. The van der Waals surface area contributed by atoms with Crippen molar-refractivity contribution in [3.05, 3.63) is 23.9 Å². The van der Waals surface area contributed by atoms with Crippen LogP contribution in [0.15, 0.2) is 18.3 Å². The minimum atomic E-state index is -0.669. The SMILES string of the molecule is CC1CN(c2ccc(CNC(=O)C3(N)CCCC3)cn2)CCO1.Cl.Cl. The number of nitrogens with two attached hydrogens (primary N) is 1. The van der Waals surface area contributed by atoms with Crippen LogP contribution in [0.1, 0.15) is 38.2 Å². The minimum Gasteiger partial charge on any atom is -0.375 e. The first-order valence-corrected chi connectivity index (χ1v) is 8.45. The Kier molecular flexibility index (Phi) is 8.41. The van der Waals surface area contributed by atoms with Crippen LogP contribution in [0.4, 0.5) is 5.82 Å². The quantitative estimate of drug-likeness (QED) is 0.821. The van der Waals surface area contributed by atoms with Crippen molar-refractivity contribution < 1.29 is 9.53 Å². The smallest absolute Gasteiger partial charge is 0.240 e. The van der Waals surface area contributed by atoms with Gasteiger partial charge in [0, 0.05) is 25.8 Å².